The predicted molar refractivity (Wildman–Crippen MR) is 73.8 cm³/mol. The molecule has 1 N–H and O–H groups in total. The number of hydrogen-bond acceptors (Lipinski definition) is 5. The summed E-state index contributed by atoms with van der Waals surface area (Å²) in [7, 11) is 3.26. The van der Waals surface area contributed by atoms with Crippen molar-refractivity contribution in [1.29, 1.82) is 0 Å². The lowest BCUT2D eigenvalue weighted by molar-refractivity contribution is 0.397. The number of aromatic nitrogens is 2. The molecule has 0 spiro atoms. The number of nitrogens with zero attached hydrogens (tertiary/aromatic N) is 2. The molecule has 1 heterocycles. The van der Waals surface area contributed by atoms with E-state index in [1.807, 2.05) is 24.3 Å². The van der Waals surface area contributed by atoms with E-state index in [0.717, 1.165) is 24.3 Å². The molecule has 2 aromatic rings. The van der Waals surface area contributed by atoms with Crippen molar-refractivity contribution in [3.8, 4) is 11.6 Å². The highest BCUT2D eigenvalue weighted by Gasteiger charge is 2.02. The van der Waals surface area contributed by atoms with Gasteiger partial charge in [0.1, 0.15) is 5.75 Å². The van der Waals surface area contributed by atoms with Crippen LogP contribution in [0.15, 0.2) is 36.5 Å². The maximum absolute atomic E-state index is 5.31. The molecule has 0 aliphatic rings. The third-order valence-corrected chi connectivity index (χ3v) is 2.71. The smallest absolute Gasteiger partial charge is 0.225 e. The number of nitrogens with one attached hydrogen (secondary N) is 1. The summed E-state index contributed by atoms with van der Waals surface area (Å²) >= 11 is 0. The van der Waals surface area contributed by atoms with Gasteiger partial charge in [-0.15, -0.1) is 0 Å². The van der Waals surface area contributed by atoms with E-state index in [0.29, 0.717) is 11.8 Å². The number of para-hydroxylation sites is 1. The van der Waals surface area contributed by atoms with Crippen LogP contribution in [0.5, 0.6) is 11.6 Å². The van der Waals surface area contributed by atoms with E-state index < -0.39 is 0 Å². The Kier molecular flexibility index (Phi) is 4.55. The van der Waals surface area contributed by atoms with Crippen LogP contribution >= 0.6 is 0 Å². The molecule has 0 aliphatic carbocycles. The summed E-state index contributed by atoms with van der Waals surface area (Å²) in [6, 6.07) is 9.68. The molecule has 0 unspecified atom stereocenters. The summed E-state index contributed by atoms with van der Waals surface area (Å²) in [5.74, 6) is 2.01. The first-order valence-electron chi connectivity index (χ1n) is 6.06. The van der Waals surface area contributed by atoms with Gasteiger partial charge in [0.25, 0.3) is 0 Å². The number of methoxy groups -OCH3 is 2. The Hall–Kier alpha value is -2.30. The summed E-state index contributed by atoms with van der Waals surface area (Å²) in [6.07, 6.45) is 2.50. The standard InChI is InChI=1S/C14H17N3O2/c1-18-12-6-4-3-5-11(12)7-9-15-14-16-10-8-13(17-14)19-2/h3-6,8,10H,7,9H2,1-2H3,(H,15,16,17). The van der Waals surface area contributed by atoms with Gasteiger partial charge in [0, 0.05) is 18.8 Å². The fourth-order valence-electron chi connectivity index (χ4n) is 1.76. The first-order valence-corrected chi connectivity index (χ1v) is 6.06. The van der Waals surface area contributed by atoms with Crippen LogP contribution in [0.4, 0.5) is 5.95 Å². The molecule has 0 saturated carbocycles. The quantitative estimate of drug-likeness (QED) is 0.861. The summed E-state index contributed by atoms with van der Waals surface area (Å²) in [5.41, 5.74) is 1.15. The Balaban J connectivity index is 1.92. The lowest BCUT2D eigenvalue weighted by Crippen LogP contribution is -2.08. The molecule has 0 saturated heterocycles. The topological polar surface area (TPSA) is 56.3 Å². The molecule has 0 amide bonds. The van der Waals surface area contributed by atoms with Gasteiger partial charge in [-0.05, 0) is 18.1 Å². The lowest BCUT2D eigenvalue weighted by Gasteiger charge is -2.09. The molecule has 2 rings (SSSR count). The molecule has 5 heteroatoms. The zero-order valence-corrected chi connectivity index (χ0v) is 11.1. The van der Waals surface area contributed by atoms with Gasteiger partial charge in [0.15, 0.2) is 0 Å². The average Bonchev–Trinajstić information content (AvgIpc) is 2.48. The van der Waals surface area contributed by atoms with E-state index in [9.17, 15) is 0 Å². The third kappa shape index (κ3) is 3.58. The molecular weight excluding hydrogens is 242 g/mol. The van der Waals surface area contributed by atoms with Gasteiger partial charge in [-0.2, -0.15) is 4.98 Å². The highest BCUT2D eigenvalue weighted by atomic mass is 16.5. The molecule has 0 radical (unpaired) electrons. The van der Waals surface area contributed by atoms with Crippen molar-refractivity contribution in [2.75, 3.05) is 26.1 Å². The molecular formula is C14H17N3O2. The summed E-state index contributed by atoms with van der Waals surface area (Å²) in [4.78, 5) is 8.32. The van der Waals surface area contributed by atoms with E-state index >= 15 is 0 Å². The van der Waals surface area contributed by atoms with Crippen LogP contribution < -0.4 is 14.8 Å². The first kappa shape index (κ1) is 13.1. The fourth-order valence-corrected chi connectivity index (χ4v) is 1.76. The second kappa shape index (κ2) is 6.58. The van der Waals surface area contributed by atoms with Crippen LogP contribution in [0, 0.1) is 0 Å². The van der Waals surface area contributed by atoms with Crippen LogP contribution in [0.1, 0.15) is 5.56 Å². The monoisotopic (exact) mass is 259 g/mol. The Morgan fingerprint density at radius 1 is 1.11 bits per heavy atom. The molecule has 1 aromatic heterocycles. The van der Waals surface area contributed by atoms with Crippen molar-refractivity contribution in [1.82, 2.24) is 9.97 Å². The second-order valence-corrected chi connectivity index (χ2v) is 3.91. The molecule has 0 aliphatic heterocycles. The molecule has 100 valence electrons. The van der Waals surface area contributed by atoms with Crippen LogP contribution in [-0.2, 0) is 6.42 Å². The van der Waals surface area contributed by atoms with Crippen molar-refractivity contribution in [2.45, 2.75) is 6.42 Å². The van der Waals surface area contributed by atoms with E-state index in [4.69, 9.17) is 9.47 Å². The summed E-state index contributed by atoms with van der Waals surface area (Å²) < 4.78 is 10.4. The largest absolute Gasteiger partial charge is 0.496 e. The number of ether oxygens (including phenoxy) is 2. The number of rotatable bonds is 6. The Labute approximate surface area is 112 Å². The zero-order valence-electron chi connectivity index (χ0n) is 11.1. The maximum atomic E-state index is 5.31. The third-order valence-electron chi connectivity index (χ3n) is 2.71. The number of benzene rings is 1. The minimum absolute atomic E-state index is 0.551. The number of anilines is 1. The zero-order chi connectivity index (χ0) is 13.5. The SMILES string of the molecule is COc1ccnc(NCCc2ccccc2OC)n1. The van der Waals surface area contributed by atoms with Crippen molar-refractivity contribution < 1.29 is 9.47 Å². The van der Waals surface area contributed by atoms with Crippen molar-refractivity contribution in [3.63, 3.8) is 0 Å². The first-order chi connectivity index (χ1) is 9.33. The Morgan fingerprint density at radius 2 is 1.95 bits per heavy atom. The van der Waals surface area contributed by atoms with Crippen molar-refractivity contribution >= 4 is 5.95 Å². The minimum Gasteiger partial charge on any atom is -0.496 e. The van der Waals surface area contributed by atoms with E-state index in [1.54, 1.807) is 26.5 Å². The molecule has 19 heavy (non-hydrogen) atoms. The molecule has 0 atom stereocenters. The number of hydrogen-bond donors (Lipinski definition) is 1. The highest BCUT2D eigenvalue weighted by Crippen LogP contribution is 2.17. The van der Waals surface area contributed by atoms with E-state index in [2.05, 4.69) is 15.3 Å². The maximum Gasteiger partial charge on any atom is 0.225 e. The van der Waals surface area contributed by atoms with Gasteiger partial charge in [0.2, 0.25) is 11.8 Å². The Morgan fingerprint density at radius 3 is 2.74 bits per heavy atom. The Bertz CT molecular complexity index is 532. The minimum atomic E-state index is 0.551. The summed E-state index contributed by atoms with van der Waals surface area (Å²) in [5, 5.41) is 3.16. The van der Waals surface area contributed by atoms with Gasteiger partial charge in [-0.25, -0.2) is 4.98 Å². The van der Waals surface area contributed by atoms with Crippen LogP contribution in [0.25, 0.3) is 0 Å². The van der Waals surface area contributed by atoms with E-state index in [1.165, 1.54) is 0 Å². The van der Waals surface area contributed by atoms with Crippen LogP contribution in [-0.4, -0.2) is 30.7 Å². The van der Waals surface area contributed by atoms with Crippen molar-refractivity contribution in [3.05, 3.63) is 42.1 Å². The normalized spacial score (nSPS) is 10.0. The van der Waals surface area contributed by atoms with Gasteiger partial charge < -0.3 is 14.8 Å². The molecule has 1 aromatic carbocycles. The highest BCUT2D eigenvalue weighted by molar-refractivity contribution is 5.34. The lowest BCUT2D eigenvalue weighted by atomic mass is 10.1. The molecule has 0 fully saturated rings. The van der Waals surface area contributed by atoms with Gasteiger partial charge in [-0.3, -0.25) is 0 Å². The van der Waals surface area contributed by atoms with E-state index in [-0.39, 0.29) is 0 Å². The molecule has 0 bridgehead atoms. The van der Waals surface area contributed by atoms with Gasteiger partial charge >= 0.3 is 0 Å². The summed E-state index contributed by atoms with van der Waals surface area (Å²) in [6.45, 7) is 0.730. The van der Waals surface area contributed by atoms with Crippen LogP contribution in [0.2, 0.25) is 0 Å². The fraction of sp³-hybridized carbons (Fsp3) is 0.286. The van der Waals surface area contributed by atoms with Gasteiger partial charge in [0.05, 0.1) is 14.2 Å². The van der Waals surface area contributed by atoms with Crippen LogP contribution in [0.3, 0.4) is 0 Å². The second-order valence-electron chi connectivity index (χ2n) is 3.91. The van der Waals surface area contributed by atoms with Gasteiger partial charge in [-0.1, -0.05) is 18.2 Å². The average molecular weight is 259 g/mol. The predicted octanol–water partition coefficient (Wildman–Crippen LogP) is 2.15. The molecule has 5 nitrogen and oxygen atoms in total. The van der Waals surface area contributed by atoms with Crippen molar-refractivity contribution in [2.24, 2.45) is 0 Å².